The summed E-state index contributed by atoms with van der Waals surface area (Å²) in [5.41, 5.74) is -0.00847. The van der Waals surface area contributed by atoms with Crippen LogP contribution in [-0.4, -0.2) is 11.9 Å². The van der Waals surface area contributed by atoms with Crippen molar-refractivity contribution in [3.8, 4) is 0 Å². The van der Waals surface area contributed by atoms with Gasteiger partial charge in [0.1, 0.15) is 0 Å². The Labute approximate surface area is 121 Å². The molecule has 21 heavy (non-hydrogen) atoms. The van der Waals surface area contributed by atoms with E-state index < -0.39 is 23.9 Å². The molecule has 0 aromatic heterocycles. The molecule has 0 saturated heterocycles. The average Bonchev–Trinajstić information content (AvgIpc) is 2.73. The molecule has 1 atom stereocenters. The summed E-state index contributed by atoms with van der Waals surface area (Å²) in [5, 5.41) is 0. The Bertz CT molecular complexity index is 677. The van der Waals surface area contributed by atoms with Crippen LogP contribution in [-0.2, 0) is 10.3 Å². The molecule has 2 nitrogen and oxygen atoms in total. The van der Waals surface area contributed by atoms with Gasteiger partial charge in [0.15, 0.2) is 5.60 Å². The lowest BCUT2D eigenvalue weighted by Gasteiger charge is -2.31. The molecule has 0 bridgehead atoms. The number of carbonyl (C=O) groups is 1. The quantitative estimate of drug-likeness (QED) is 0.793. The van der Waals surface area contributed by atoms with E-state index in [-0.39, 0.29) is 0 Å². The van der Waals surface area contributed by atoms with E-state index in [4.69, 9.17) is 4.74 Å². The van der Waals surface area contributed by atoms with E-state index in [9.17, 15) is 13.6 Å². The maximum atomic E-state index is 13.7. The molecule has 2 aromatic rings. The van der Waals surface area contributed by atoms with Crippen molar-refractivity contribution in [1.82, 2.24) is 0 Å². The molecule has 0 saturated carbocycles. The van der Waals surface area contributed by atoms with Gasteiger partial charge in [-0.2, -0.15) is 0 Å². The van der Waals surface area contributed by atoms with Crippen molar-refractivity contribution in [3.05, 3.63) is 71.3 Å². The second kappa shape index (κ2) is 4.65. The maximum Gasteiger partial charge on any atom is 0.339 e. The largest absolute Gasteiger partial charge is 0.445 e. The molecular formula is C17H14F2O2. The van der Waals surface area contributed by atoms with Crippen molar-refractivity contribution in [2.45, 2.75) is 24.9 Å². The Morgan fingerprint density at radius 3 is 2.33 bits per heavy atom. The van der Waals surface area contributed by atoms with Gasteiger partial charge in [0.25, 0.3) is 0 Å². The Morgan fingerprint density at radius 2 is 1.67 bits per heavy atom. The van der Waals surface area contributed by atoms with Crippen molar-refractivity contribution < 1.29 is 18.3 Å². The number of hydrogen-bond acceptors (Lipinski definition) is 2. The first-order valence-electron chi connectivity index (χ1n) is 6.69. The highest BCUT2D eigenvalue weighted by Crippen LogP contribution is 2.47. The molecule has 1 heterocycles. The van der Waals surface area contributed by atoms with Gasteiger partial charge >= 0.3 is 5.97 Å². The minimum atomic E-state index is -2.96. The summed E-state index contributed by atoms with van der Waals surface area (Å²) in [5.74, 6) is -3.52. The lowest BCUT2D eigenvalue weighted by Crippen LogP contribution is -2.34. The number of esters is 1. The maximum absolute atomic E-state index is 13.7. The number of ether oxygens (including phenoxy) is 1. The van der Waals surface area contributed by atoms with Crippen LogP contribution in [0.4, 0.5) is 8.78 Å². The second-order valence-electron chi connectivity index (χ2n) is 5.38. The van der Waals surface area contributed by atoms with E-state index in [2.05, 4.69) is 0 Å². The van der Waals surface area contributed by atoms with Gasteiger partial charge in [-0.25, -0.2) is 13.6 Å². The normalized spacial score (nSPS) is 21.0. The zero-order valence-electron chi connectivity index (χ0n) is 11.5. The fraction of sp³-hybridized carbons (Fsp3) is 0.235. The van der Waals surface area contributed by atoms with E-state index in [1.807, 2.05) is 0 Å². The summed E-state index contributed by atoms with van der Waals surface area (Å²) < 4.78 is 32.9. The lowest BCUT2D eigenvalue weighted by molar-refractivity contribution is -0.0664. The summed E-state index contributed by atoms with van der Waals surface area (Å²) in [6.07, 6.45) is -0.577. The number of alkyl halides is 2. The third-order valence-electron chi connectivity index (χ3n) is 3.65. The van der Waals surface area contributed by atoms with Crippen LogP contribution in [0.5, 0.6) is 0 Å². The highest BCUT2D eigenvalue weighted by molar-refractivity contribution is 5.95. The third kappa shape index (κ3) is 2.31. The Hall–Kier alpha value is -2.23. The summed E-state index contributed by atoms with van der Waals surface area (Å²) in [7, 11) is 0. The smallest absolute Gasteiger partial charge is 0.339 e. The summed E-state index contributed by atoms with van der Waals surface area (Å²) in [4.78, 5) is 12.1. The summed E-state index contributed by atoms with van der Waals surface area (Å²) in [6.45, 7) is 0.840. The molecule has 0 radical (unpaired) electrons. The molecule has 1 aliphatic heterocycles. The van der Waals surface area contributed by atoms with E-state index in [1.54, 1.807) is 54.6 Å². The second-order valence-corrected chi connectivity index (χ2v) is 5.38. The molecule has 108 valence electrons. The number of fused-ring (bicyclic) bond motifs is 1. The molecule has 0 amide bonds. The van der Waals surface area contributed by atoms with Gasteiger partial charge in [-0.1, -0.05) is 48.5 Å². The predicted molar refractivity (Wildman–Crippen MR) is 74.3 cm³/mol. The van der Waals surface area contributed by atoms with Crippen molar-refractivity contribution in [1.29, 1.82) is 0 Å². The molecule has 1 unspecified atom stereocenters. The van der Waals surface area contributed by atoms with Gasteiger partial charge in [-0.05, 0) is 13.0 Å². The van der Waals surface area contributed by atoms with Crippen LogP contribution in [0.15, 0.2) is 54.6 Å². The Morgan fingerprint density at radius 1 is 1.05 bits per heavy atom. The molecule has 0 aliphatic carbocycles. The van der Waals surface area contributed by atoms with Crippen LogP contribution in [0.1, 0.15) is 34.8 Å². The number of benzene rings is 2. The molecular weight excluding hydrogens is 274 g/mol. The van der Waals surface area contributed by atoms with Gasteiger partial charge < -0.3 is 4.74 Å². The Balaban J connectivity index is 2.23. The monoisotopic (exact) mass is 288 g/mol. The first-order valence-corrected chi connectivity index (χ1v) is 6.69. The van der Waals surface area contributed by atoms with E-state index >= 15 is 0 Å². The standard InChI is InChI=1S/C17H14F2O2/c1-16(18,19)11-17(12-7-3-2-4-8-12)14-10-6-5-9-13(14)15(20)21-17/h2-10H,11H2,1H3. The first-order chi connectivity index (χ1) is 9.92. The fourth-order valence-electron chi connectivity index (χ4n) is 2.87. The molecule has 0 spiro atoms. The van der Waals surface area contributed by atoms with Crippen molar-refractivity contribution >= 4 is 5.97 Å². The van der Waals surface area contributed by atoms with Crippen LogP contribution in [0.2, 0.25) is 0 Å². The average molecular weight is 288 g/mol. The minimum absolute atomic E-state index is 0.352. The summed E-state index contributed by atoms with van der Waals surface area (Å²) in [6, 6.07) is 15.4. The van der Waals surface area contributed by atoms with Crippen molar-refractivity contribution in [3.63, 3.8) is 0 Å². The number of cyclic esters (lactones) is 1. The number of halogens is 2. The molecule has 0 fully saturated rings. The zero-order chi connectivity index (χ0) is 15.1. The van der Waals surface area contributed by atoms with Crippen molar-refractivity contribution in [2.75, 3.05) is 0 Å². The number of rotatable bonds is 3. The highest BCUT2D eigenvalue weighted by Gasteiger charge is 2.51. The van der Waals surface area contributed by atoms with E-state index in [0.29, 0.717) is 16.7 Å². The van der Waals surface area contributed by atoms with Crippen LogP contribution in [0.3, 0.4) is 0 Å². The molecule has 3 rings (SSSR count). The predicted octanol–water partition coefficient (Wildman–Crippen LogP) is 4.15. The van der Waals surface area contributed by atoms with E-state index in [0.717, 1.165) is 6.92 Å². The van der Waals surface area contributed by atoms with Crippen LogP contribution >= 0.6 is 0 Å². The van der Waals surface area contributed by atoms with Crippen LogP contribution in [0, 0.1) is 0 Å². The van der Waals surface area contributed by atoms with E-state index in [1.165, 1.54) is 0 Å². The van der Waals surface area contributed by atoms with Crippen LogP contribution in [0.25, 0.3) is 0 Å². The lowest BCUT2D eigenvalue weighted by atomic mass is 9.81. The number of hydrogen-bond donors (Lipinski definition) is 0. The zero-order valence-corrected chi connectivity index (χ0v) is 11.5. The summed E-state index contributed by atoms with van der Waals surface area (Å²) >= 11 is 0. The topological polar surface area (TPSA) is 26.3 Å². The molecule has 1 aliphatic rings. The minimum Gasteiger partial charge on any atom is -0.445 e. The molecule has 4 heteroatoms. The SMILES string of the molecule is CC(F)(F)CC1(c2ccccc2)OC(=O)c2ccccc21. The van der Waals surface area contributed by atoms with Crippen LogP contribution < -0.4 is 0 Å². The van der Waals surface area contributed by atoms with Gasteiger partial charge in [0, 0.05) is 11.1 Å². The Kier molecular flexibility index (Phi) is 3.04. The molecule has 2 aromatic carbocycles. The molecule has 0 N–H and O–H groups in total. The van der Waals surface area contributed by atoms with Gasteiger partial charge in [0.2, 0.25) is 5.92 Å². The van der Waals surface area contributed by atoms with Gasteiger partial charge in [-0.15, -0.1) is 0 Å². The van der Waals surface area contributed by atoms with Gasteiger partial charge in [-0.3, -0.25) is 0 Å². The number of carbonyl (C=O) groups excluding carboxylic acids is 1. The van der Waals surface area contributed by atoms with Gasteiger partial charge in [0.05, 0.1) is 12.0 Å². The fourth-order valence-corrected chi connectivity index (χ4v) is 2.87. The van der Waals surface area contributed by atoms with Crippen molar-refractivity contribution in [2.24, 2.45) is 0 Å². The first kappa shape index (κ1) is 13.7. The third-order valence-corrected chi connectivity index (χ3v) is 3.65. The highest BCUT2D eigenvalue weighted by atomic mass is 19.3.